The Morgan fingerprint density at radius 2 is 1.85 bits per heavy atom. The third-order valence-electron chi connectivity index (χ3n) is 6.44. The highest BCUT2D eigenvalue weighted by Crippen LogP contribution is 2.30. The molecular weight excluding hydrogens is 418 g/mol. The molecule has 1 saturated carbocycles. The molecule has 1 aromatic heterocycles. The number of carbonyl (C=O) groups excluding carboxylic acids is 3. The van der Waals surface area contributed by atoms with E-state index >= 15 is 0 Å². The monoisotopic (exact) mass is 453 g/mol. The molecule has 1 fully saturated rings. The van der Waals surface area contributed by atoms with Gasteiger partial charge < -0.3 is 20.4 Å². The molecule has 0 saturated heterocycles. The predicted octanol–water partition coefficient (Wildman–Crippen LogP) is 3.89. The van der Waals surface area contributed by atoms with Crippen molar-refractivity contribution in [1.29, 1.82) is 0 Å². The van der Waals surface area contributed by atoms with E-state index in [-0.39, 0.29) is 29.4 Å². The third-order valence-corrected chi connectivity index (χ3v) is 6.44. The summed E-state index contributed by atoms with van der Waals surface area (Å²) in [6.07, 6.45) is 4.40. The average molecular weight is 454 g/mol. The number of furan rings is 1. The maximum Gasteiger partial charge on any atom is 0.287 e. The van der Waals surface area contributed by atoms with Crippen LogP contribution in [0.15, 0.2) is 40.8 Å². The van der Waals surface area contributed by atoms with Gasteiger partial charge in [0.15, 0.2) is 5.76 Å². The molecule has 178 valence electrons. The number of hydrogen-bond acceptors (Lipinski definition) is 4. The molecule has 2 aromatic rings. The van der Waals surface area contributed by atoms with Crippen LogP contribution in [0.3, 0.4) is 0 Å². The third kappa shape index (κ3) is 6.24. The van der Waals surface area contributed by atoms with E-state index in [1.165, 1.54) is 6.42 Å². The fourth-order valence-electron chi connectivity index (χ4n) is 4.38. The molecule has 7 heteroatoms. The molecule has 1 heterocycles. The number of benzene rings is 1. The highest BCUT2D eigenvalue weighted by Gasteiger charge is 2.27. The first-order chi connectivity index (χ1) is 15.8. The zero-order valence-corrected chi connectivity index (χ0v) is 19.9. The van der Waals surface area contributed by atoms with Crippen molar-refractivity contribution in [3.63, 3.8) is 0 Å². The van der Waals surface area contributed by atoms with Crippen LogP contribution in [0.5, 0.6) is 0 Å². The normalized spacial score (nSPS) is 19.1. The van der Waals surface area contributed by atoms with Gasteiger partial charge in [-0.25, -0.2) is 0 Å². The van der Waals surface area contributed by atoms with Crippen molar-refractivity contribution in [2.24, 2.45) is 17.8 Å². The maximum absolute atomic E-state index is 12.6. The van der Waals surface area contributed by atoms with Crippen LogP contribution in [0.4, 0.5) is 0 Å². The Balaban J connectivity index is 1.64. The molecule has 0 aliphatic heterocycles. The van der Waals surface area contributed by atoms with Crippen molar-refractivity contribution in [3.05, 3.63) is 47.7 Å². The van der Waals surface area contributed by atoms with E-state index in [1.807, 2.05) is 38.1 Å². The second kappa shape index (κ2) is 11.2. The van der Waals surface area contributed by atoms with Crippen LogP contribution >= 0.6 is 0 Å². The summed E-state index contributed by atoms with van der Waals surface area (Å²) in [7, 11) is 1.54. The van der Waals surface area contributed by atoms with Gasteiger partial charge in [-0.2, -0.15) is 0 Å². The molecule has 3 rings (SSSR count). The Kier molecular flexibility index (Phi) is 8.31. The van der Waals surface area contributed by atoms with Gasteiger partial charge in [0.25, 0.3) is 5.91 Å². The molecule has 1 aliphatic carbocycles. The number of nitrogens with one attached hydrogen (secondary N) is 3. The van der Waals surface area contributed by atoms with E-state index in [0.717, 1.165) is 30.4 Å². The molecule has 3 atom stereocenters. The topological polar surface area (TPSA) is 100 Å². The van der Waals surface area contributed by atoms with E-state index in [9.17, 15) is 14.4 Å². The van der Waals surface area contributed by atoms with Gasteiger partial charge in [-0.15, -0.1) is 0 Å². The van der Waals surface area contributed by atoms with Gasteiger partial charge in [0.1, 0.15) is 11.8 Å². The molecule has 2 unspecified atom stereocenters. The van der Waals surface area contributed by atoms with Crippen molar-refractivity contribution in [2.45, 2.75) is 59.0 Å². The smallest absolute Gasteiger partial charge is 0.287 e. The molecule has 1 aliphatic rings. The van der Waals surface area contributed by atoms with Gasteiger partial charge in [0, 0.05) is 25.1 Å². The standard InChI is InChI=1S/C26H35N3O4/c1-16(2)23(26(32)27-4)29-25(31)22-13-12-21(33-22)19-10-7-9-18(14-19)15-28-24(30)20-11-6-5-8-17(20)3/h7,9-10,12-14,16-17,20,23H,5-6,8,11,15H2,1-4H3,(H,27,32)(H,28,30)(H,29,31)/t17?,20?,23-/m0/s1. The Morgan fingerprint density at radius 3 is 2.55 bits per heavy atom. The highest BCUT2D eigenvalue weighted by atomic mass is 16.4. The number of amides is 3. The summed E-state index contributed by atoms with van der Waals surface area (Å²) in [5.41, 5.74) is 1.78. The summed E-state index contributed by atoms with van der Waals surface area (Å²) >= 11 is 0. The van der Waals surface area contributed by atoms with Crippen molar-refractivity contribution in [3.8, 4) is 11.3 Å². The first-order valence-electron chi connectivity index (χ1n) is 11.8. The second-order valence-corrected chi connectivity index (χ2v) is 9.26. The number of likely N-dealkylation sites (N-methyl/N-ethyl adjacent to an activating group) is 1. The zero-order valence-electron chi connectivity index (χ0n) is 19.9. The molecule has 0 spiro atoms. The molecule has 0 radical (unpaired) electrons. The lowest BCUT2D eigenvalue weighted by Crippen LogP contribution is -2.48. The van der Waals surface area contributed by atoms with Crippen molar-refractivity contribution < 1.29 is 18.8 Å². The summed E-state index contributed by atoms with van der Waals surface area (Å²) in [6.45, 7) is 6.35. The summed E-state index contributed by atoms with van der Waals surface area (Å²) in [4.78, 5) is 37.3. The Bertz CT molecular complexity index is 981. The molecule has 3 N–H and O–H groups in total. The SMILES string of the molecule is CNC(=O)[C@@H](NC(=O)c1ccc(-c2cccc(CNC(=O)C3CCCCC3C)c2)o1)C(C)C. The van der Waals surface area contributed by atoms with Crippen LogP contribution in [-0.2, 0) is 16.1 Å². The fraction of sp³-hybridized carbons (Fsp3) is 0.500. The largest absolute Gasteiger partial charge is 0.451 e. The second-order valence-electron chi connectivity index (χ2n) is 9.26. The molecule has 7 nitrogen and oxygen atoms in total. The Hall–Kier alpha value is -3.09. The van der Waals surface area contributed by atoms with E-state index < -0.39 is 11.9 Å². The summed E-state index contributed by atoms with van der Waals surface area (Å²) in [5.74, 6) is 0.595. The van der Waals surface area contributed by atoms with Gasteiger partial charge in [-0.3, -0.25) is 14.4 Å². The molecule has 0 bridgehead atoms. The first-order valence-corrected chi connectivity index (χ1v) is 11.8. The zero-order chi connectivity index (χ0) is 24.0. The fourth-order valence-corrected chi connectivity index (χ4v) is 4.38. The van der Waals surface area contributed by atoms with Crippen molar-refractivity contribution in [2.75, 3.05) is 7.05 Å². The van der Waals surface area contributed by atoms with Gasteiger partial charge in [-0.05, 0) is 48.4 Å². The molecule has 1 aromatic carbocycles. The minimum atomic E-state index is -0.644. The predicted molar refractivity (Wildman–Crippen MR) is 127 cm³/mol. The van der Waals surface area contributed by atoms with Gasteiger partial charge in [0.2, 0.25) is 11.8 Å². The number of hydrogen-bond donors (Lipinski definition) is 3. The summed E-state index contributed by atoms with van der Waals surface area (Å²) < 4.78 is 5.78. The van der Waals surface area contributed by atoms with Crippen molar-refractivity contribution >= 4 is 17.7 Å². The van der Waals surface area contributed by atoms with E-state index in [2.05, 4.69) is 22.9 Å². The average Bonchev–Trinajstić information content (AvgIpc) is 3.31. The van der Waals surface area contributed by atoms with Crippen LogP contribution in [0.1, 0.15) is 62.6 Å². The van der Waals surface area contributed by atoms with E-state index in [0.29, 0.717) is 18.2 Å². The quantitative estimate of drug-likeness (QED) is 0.564. The van der Waals surface area contributed by atoms with Crippen molar-refractivity contribution in [1.82, 2.24) is 16.0 Å². The molecular formula is C26H35N3O4. The molecule has 3 amide bonds. The van der Waals surface area contributed by atoms with Crippen LogP contribution in [0, 0.1) is 17.8 Å². The summed E-state index contributed by atoms with van der Waals surface area (Å²) in [6, 6.07) is 10.4. The Labute approximate surface area is 195 Å². The van der Waals surface area contributed by atoms with E-state index in [1.54, 1.807) is 19.2 Å². The van der Waals surface area contributed by atoms with Gasteiger partial charge in [0.05, 0.1) is 0 Å². The van der Waals surface area contributed by atoms with E-state index in [4.69, 9.17) is 4.42 Å². The van der Waals surface area contributed by atoms with Gasteiger partial charge in [-0.1, -0.05) is 51.8 Å². The lowest BCUT2D eigenvalue weighted by molar-refractivity contribution is -0.127. The minimum Gasteiger partial charge on any atom is -0.451 e. The van der Waals surface area contributed by atoms with Crippen LogP contribution in [0.25, 0.3) is 11.3 Å². The number of rotatable bonds is 8. The lowest BCUT2D eigenvalue weighted by atomic mass is 9.80. The van der Waals surface area contributed by atoms with Crippen LogP contribution in [0.2, 0.25) is 0 Å². The summed E-state index contributed by atoms with van der Waals surface area (Å²) in [5, 5.41) is 8.38. The highest BCUT2D eigenvalue weighted by molar-refractivity contribution is 5.96. The first kappa shape index (κ1) is 24.6. The lowest BCUT2D eigenvalue weighted by Gasteiger charge is -2.27. The number of carbonyl (C=O) groups is 3. The minimum absolute atomic E-state index is 0.0631. The Morgan fingerprint density at radius 1 is 1.09 bits per heavy atom. The molecule has 33 heavy (non-hydrogen) atoms. The van der Waals surface area contributed by atoms with Crippen LogP contribution in [-0.4, -0.2) is 30.8 Å². The maximum atomic E-state index is 12.6. The van der Waals surface area contributed by atoms with Gasteiger partial charge >= 0.3 is 0 Å². The van der Waals surface area contributed by atoms with Crippen LogP contribution < -0.4 is 16.0 Å².